The monoisotopic (exact) mass is 559 g/mol. The molecule has 12 heteroatoms. The number of hydrogen-bond acceptors (Lipinski definition) is 9. The number of nitrogens with zero attached hydrogens (tertiary/aromatic N) is 2. The van der Waals surface area contributed by atoms with Crippen LogP contribution >= 0.6 is 11.8 Å². The van der Waals surface area contributed by atoms with Crippen LogP contribution in [0.15, 0.2) is 46.4 Å². The van der Waals surface area contributed by atoms with Gasteiger partial charge in [-0.15, -0.1) is 0 Å². The van der Waals surface area contributed by atoms with Gasteiger partial charge in [-0.25, -0.2) is 13.4 Å². The van der Waals surface area contributed by atoms with Crippen molar-refractivity contribution in [1.82, 2.24) is 9.97 Å². The van der Waals surface area contributed by atoms with Crippen LogP contribution in [0.2, 0.25) is 0 Å². The molecule has 2 N–H and O–H groups in total. The van der Waals surface area contributed by atoms with E-state index >= 15 is 0 Å². The molecule has 2 atom stereocenters. The Morgan fingerprint density at radius 3 is 2.71 bits per heavy atom. The molecule has 2 aromatic heterocycles. The predicted octanol–water partition coefficient (Wildman–Crippen LogP) is 4.29. The second-order valence-electron chi connectivity index (χ2n) is 9.36. The highest BCUT2D eigenvalue weighted by Gasteiger charge is 2.33. The molecule has 1 saturated heterocycles. The van der Waals surface area contributed by atoms with Gasteiger partial charge in [-0.1, -0.05) is 18.7 Å². The van der Waals surface area contributed by atoms with Crippen molar-refractivity contribution in [2.75, 3.05) is 26.0 Å². The lowest BCUT2D eigenvalue weighted by molar-refractivity contribution is -0.141. The molecular weight excluding hydrogens is 530 g/mol. The SMILES string of the molecule is CCC(C(=O)O)C1CN=C(c2cc3cc(Oc4ccc(S(C)(=O)=O)cn4)cc(OC4CCOCC4)c3[nH]2)S1. The van der Waals surface area contributed by atoms with Gasteiger partial charge in [0, 0.05) is 48.1 Å². The Labute approximate surface area is 224 Å². The van der Waals surface area contributed by atoms with Gasteiger partial charge in [0.25, 0.3) is 0 Å². The predicted molar refractivity (Wildman–Crippen MR) is 144 cm³/mol. The molecule has 38 heavy (non-hydrogen) atoms. The van der Waals surface area contributed by atoms with Gasteiger partial charge < -0.3 is 24.3 Å². The number of rotatable bonds is 9. The van der Waals surface area contributed by atoms with Crippen molar-refractivity contribution in [2.24, 2.45) is 10.9 Å². The molecule has 4 heterocycles. The maximum Gasteiger partial charge on any atom is 0.307 e. The van der Waals surface area contributed by atoms with E-state index in [4.69, 9.17) is 14.2 Å². The zero-order valence-electron chi connectivity index (χ0n) is 21.0. The van der Waals surface area contributed by atoms with Gasteiger partial charge in [-0.05, 0) is 24.6 Å². The van der Waals surface area contributed by atoms with Crippen LogP contribution in [-0.4, -0.2) is 71.9 Å². The number of aromatic amines is 1. The Morgan fingerprint density at radius 1 is 1.26 bits per heavy atom. The van der Waals surface area contributed by atoms with Gasteiger partial charge >= 0.3 is 5.97 Å². The number of ether oxygens (including phenoxy) is 3. The minimum absolute atomic E-state index is 0.00965. The number of sulfone groups is 1. The molecule has 5 rings (SSSR count). The lowest BCUT2D eigenvalue weighted by atomic mass is 10.0. The second-order valence-corrected chi connectivity index (χ2v) is 12.6. The van der Waals surface area contributed by atoms with Gasteiger partial charge in [0.1, 0.15) is 22.6 Å². The van der Waals surface area contributed by atoms with E-state index in [1.165, 1.54) is 30.1 Å². The number of thioether (sulfide) groups is 1. The summed E-state index contributed by atoms with van der Waals surface area (Å²) in [5.41, 5.74) is 1.58. The first-order chi connectivity index (χ1) is 18.2. The van der Waals surface area contributed by atoms with E-state index in [0.717, 1.165) is 40.7 Å². The fourth-order valence-corrected chi connectivity index (χ4v) is 6.39. The van der Waals surface area contributed by atoms with E-state index in [-0.39, 0.29) is 22.1 Å². The van der Waals surface area contributed by atoms with Crippen molar-refractivity contribution in [3.8, 4) is 17.4 Å². The number of aliphatic imine (C=N–C) groups is 1. The Morgan fingerprint density at radius 2 is 2.05 bits per heavy atom. The summed E-state index contributed by atoms with van der Waals surface area (Å²) in [6.07, 6.45) is 4.47. The summed E-state index contributed by atoms with van der Waals surface area (Å²) >= 11 is 1.48. The van der Waals surface area contributed by atoms with Crippen molar-refractivity contribution >= 4 is 43.5 Å². The highest BCUT2D eigenvalue weighted by molar-refractivity contribution is 8.15. The van der Waals surface area contributed by atoms with Gasteiger partial charge in [-0.3, -0.25) is 9.79 Å². The number of carboxylic acid groups (broad SMARTS) is 1. The molecule has 2 unspecified atom stereocenters. The first-order valence-corrected chi connectivity index (χ1v) is 15.2. The Bertz CT molecular complexity index is 1460. The fourth-order valence-electron chi connectivity index (χ4n) is 4.54. The highest BCUT2D eigenvalue weighted by Crippen LogP contribution is 2.38. The van der Waals surface area contributed by atoms with Crippen LogP contribution in [0, 0.1) is 5.92 Å². The number of hydrogen-bond donors (Lipinski definition) is 2. The first-order valence-electron chi connectivity index (χ1n) is 12.4. The average molecular weight is 560 g/mol. The van der Waals surface area contributed by atoms with E-state index in [0.29, 0.717) is 37.7 Å². The standard InChI is InChI=1S/C26H29N3O7S2/c1-3-19(26(30)31)22-14-28-25(37-22)20-11-15-10-17(36-23-5-4-18(13-27-23)38(2,32)33)12-21(24(15)29-20)35-16-6-8-34-9-7-16/h4-5,10-13,16,19,22,29H,3,6-9,14H2,1-2H3,(H,30,31). The molecule has 0 amide bonds. The number of pyridine rings is 1. The zero-order valence-corrected chi connectivity index (χ0v) is 22.7. The largest absolute Gasteiger partial charge is 0.488 e. The number of fused-ring (bicyclic) bond motifs is 1. The van der Waals surface area contributed by atoms with Crippen molar-refractivity contribution in [3.63, 3.8) is 0 Å². The second kappa shape index (κ2) is 11.0. The molecular formula is C26H29N3O7S2. The molecule has 0 bridgehead atoms. The fraction of sp³-hybridized carbons (Fsp3) is 0.423. The normalized spacial score (nSPS) is 19.3. The number of carbonyl (C=O) groups is 1. The maximum atomic E-state index is 11.8. The van der Waals surface area contributed by atoms with Crippen LogP contribution in [0.1, 0.15) is 31.9 Å². The van der Waals surface area contributed by atoms with E-state index < -0.39 is 21.7 Å². The number of aliphatic carboxylic acids is 1. The number of nitrogens with one attached hydrogen (secondary N) is 1. The van der Waals surface area contributed by atoms with Crippen LogP contribution in [0.5, 0.6) is 17.4 Å². The smallest absolute Gasteiger partial charge is 0.307 e. The van der Waals surface area contributed by atoms with Crippen LogP contribution < -0.4 is 9.47 Å². The zero-order chi connectivity index (χ0) is 26.9. The summed E-state index contributed by atoms with van der Waals surface area (Å²) in [6.45, 7) is 3.60. The van der Waals surface area contributed by atoms with Crippen LogP contribution in [0.4, 0.5) is 0 Å². The van der Waals surface area contributed by atoms with E-state index in [9.17, 15) is 18.3 Å². The highest BCUT2D eigenvalue weighted by atomic mass is 32.2. The lowest BCUT2D eigenvalue weighted by Crippen LogP contribution is -2.26. The minimum atomic E-state index is -3.36. The van der Waals surface area contributed by atoms with Gasteiger partial charge in [-0.2, -0.15) is 0 Å². The molecule has 202 valence electrons. The van der Waals surface area contributed by atoms with Gasteiger partial charge in [0.05, 0.1) is 41.8 Å². The summed E-state index contributed by atoms with van der Waals surface area (Å²) < 4.78 is 41.3. The van der Waals surface area contributed by atoms with Crippen molar-refractivity contribution in [1.29, 1.82) is 0 Å². The van der Waals surface area contributed by atoms with Crippen molar-refractivity contribution in [2.45, 2.75) is 42.4 Å². The number of carboxylic acids is 1. The van der Waals surface area contributed by atoms with Crippen LogP contribution in [0.25, 0.3) is 10.9 Å². The summed E-state index contributed by atoms with van der Waals surface area (Å²) in [4.78, 5) is 24.0. The third kappa shape index (κ3) is 5.82. The average Bonchev–Trinajstić information content (AvgIpc) is 3.52. The summed E-state index contributed by atoms with van der Waals surface area (Å²) in [7, 11) is -3.36. The molecule has 0 aliphatic carbocycles. The topological polar surface area (TPSA) is 140 Å². The molecule has 3 aromatic rings. The molecule has 2 aliphatic heterocycles. The van der Waals surface area contributed by atoms with Crippen molar-refractivity contribution < 1.29 is 32.5 Å². The van der Waals surface area contributed by atoms with Gasteiger partial charge in [0.2, 0.25) is 5.88 Å². The quantitative estimate of drug-likeness (QED) is 0.393. The first kappa shape index (κ1) is 26.5. The number of H-pyrrole nitrogens is 1. The van der Waals surface area contributed by atoms with E-state index in [1.807, 2.05) is 19.1 Å². The molecule has 2 aliphatic rings. The van der Waals surface area contributed by atoms with Crippen molar-refractivity contribution in [3.05, 3.63) is 42.2 Å². The molecule has 1 aromatic carbocycles. The summed E-state index contributed by atoms with van der Waals surface area (Å²) in [5, 5.41) is 11.0. The molecule has 0 spiro atoms. The van der Waals surface area contributed by atoms with Gasteiger partial charge in [0.15, 0.2) is 9.84 Å². The minimum Gasteiger partial charge on any atom is -0.488 e. The Kier molecular flexibility index (Phi) is 7.64. The third-order valence-electron chi connectivity index (χ3n) is 6.60. The number of aromatic nitrogens is 2. The Hall–Kier alpha value is -3.09. The molecule has 1 fully saturated rings. The number of benzene rings is 1. The van der Waals surface area contributed by atoms with Crippen LogP contribution in [0.3, 0.4) is 0 Å². The maximum absolute atomic E-state index is 11.8. The lowest BCUT2D eigenvalue weighted by Gasteiger charge is -2.23. The van der Waals surface area contributed by atoms with E-state index in [2.05, 4.69) is 15.0 Å². The Balaban J connectivity index is 1.45. The van der Waals surface area contributed by atoms with Crippen LogP contribution in [-0.2, 0) is 19.4 Å². The van der Waals surface area contributed by atoms with E-state index in [1.54, 1.807) is 6.07 Å². The molecule has 0 saturated carbocycles. The third-order valence-corrected chi connectivity index (χ3v) is 9.05. The molecule has 0 radical (unpaired) electrons. The molecule has 10 nitrogen and oxygen atoms in total. The summed E-state index contributed by atoms with van der Waals surface area (Å²) in [6, 6.07) is 8.56. The summed E-state index contributed by atoms with van der Waals surface area (Å²) in [5.74, 6) is 0.0910.